The van der Waals surface area contributed by atoms with Crippen molar-refractivity contribution in [3.05, 3.63) is 54.0 Å². The molecular weight excluding hydrogens is 293 g/mol. The number of sulfonamides is 1. The summed E-state index contributed by atoms with van der Waals surface area (Å²) in [6, 6.07) is 9.13. The second-order valence-electron chi connectivity index (χ2n) is 4.50. The Hall–Kier alpha value is -1.99. The van der Waals surface area contributed by atoms with Crippen LogP contribution in [0.4, 0.5) is 10.1 Å². The van der Waals surface area contributed by atoms with Gasteiger partial charge in [-0.25, -0.2) is 17.8 Å². The zero-order chi connectivity index (χ0) is 15.5. The topological polar surface area (TPSA) is 62.3 Å². The Labute approximate surface area is 123 Å². The van der Waals surface area contributed by atoms with Crippen molar-refractivity contribution in [2.45, 2.75) is 11.6 Å². The molecule has 0 bridgehead atoms. The fourth-order valence-electron chi connectivity index (χ4n) is 1.91. The molecule has 0 spiro atoms. The van der Waals surface area contributed by atoms with Gasteiger partial charge in [0.05, 0.1) is 5.69 Å². The minimum Gasteiger partial charge on any atom is -0.386 e. The maximum atomic E-state index is 13.2. The lowest BCUT2D eigenvalue weighted by Crippen LogP contribution is -2.28. The van der Waals surface area contributed by atoms with Gasteiger partial charge in [-0.3, -0.25) is 0 Å². The van der Waals surface area contributed by atoms with Crippen molar-refractivity contribution in [3.8, 4) is 0 Å². The van der Waals surface area contributed by atoms with Crippen molar-refractivity contribution >= 4 is 15.7 Å². The van der Waals surface area contributed by atoms with E-state index in [1.54, 1.807) is 31.3 Å². The number of hydrogen-bond acceptors (Lipinski definition) is 4. The molecule has 0 aliphatic rings. The highest BCUT2D eigenvalue weighted by atomic mass is 32.2. The van der Waals surface area contributed by atoms with E-state index in [0.29, 0.717) is 11.3 Å². The number of nitrogens with zero attached hydrogens (tertiary/aromatic N) is 2. The second kappa shape index (κ2) is 6.19. The summed E-state index contributed by atoms with van der Waals surface area (Å²) >= 11 is 0. The minimum atomic E-state index is -3.76. The molecule has 1 heterocycles. The van der Waals surface area contributed by atoms with E-state index in [9.17, 15) is 12.8 Å². The van der Waals surface area contributed by atoms with E-state index in [4.69, 9.17) is 0 Å². The quantitative estimate of drug-likeness (QED) is 0.918. The summed E-state index contributed by atoms with van der Waals surface area (Å²) in [5, 5.41) is 2.75. The molecule has 5 nitrogen and oxygen atoms in total. The van der Waals surface area contributed by atoms with Crippen molar-refractivity contribution in [2.75, 3.05) is 19.4 Å². The van der Waals surface area contributed by atoms with Gasteiger partial charge in [-0.1, -0.05) is 12.1 Å². The number of pyridine rings is 1. The van der Waals surface area contributed by atoms with Crippen LogP contribution in [0.1, 0.15) is 5.56 Å². The largest absolute Gasteiger partial charge is 0.386 e. The molecule has 0 amide bonds. The summed E-state index contributed by atoms with van der Waals surface area (Å²) in [5.74, 6) is -0.396. The van der Waals surface area contributed by atoms with E-state index in [-0.39, 0.29) is 11.6 Å². The predicted octanol–water partition coefficient (Wildman–Crippen LogP) is 2.08. The molecule has 0 saturated heterocycles. The SMILES string of the molecule is CNc1cccnc1S(=O)(=O)N(C)Cc1cccc(F)c1. The molecule has 21 heavy (non-hydrogen) atoms. The second-order valence-corrected chi connectivity index (χ2v) is 6.46. The van der Waals surface area contributed by atoms with Crippen molar-refractivity contribution < 1.29 is 12.8 Å². The standard InChI is InChI=1S/C14H16FN3O2S/c1-16-13-7-4-8-17-14(13)21(19,20)18(2)10-11-5-3-6-12(15)9-11/h3-9,16H,10H2,1-2H3. The molecular formula is C14H16FN3O2S. The molecule has 2 rings (SSSR count). The van der Waals surface area contributed by atoms with Gasteiger partial charge in [0.2, 0.25) is 0 Å². The highest BCUT2D eigenvalue weighted by molar-refractivity contribution is 7.89. The first-order valence-corrected chi connectivity index (χ1v) is 7.72. The highest BCUT2D eigenvalue weighted by Crippen LogP contribution is 2.22. The van der Waals surface area contributed by atoms with Gasteiger partial charge < -0.3 is 5.32 Å². The van der Waals surface area contributed by atoms with E-state index < -0.39 is 15.8 Å². The molecule has 112 valence electrons. The number of nitrogens with one attached hydrogen (secondary N) is 1. The summed E-state index contributed by atoms with van der Waals surface area (Å²) in [4.78, 5) is 3.94. The van der Waals surface area contributed by atoms with Gasteiger partial charge >= 0.3 is 0 Å². The zero-order valence-electron chi connectivity index (χ0n) is 11.7. The first kappa shape index (κ1) is 15.4. The average molecular weight is 309 g/mol. The van der Waals surface area contributed by atoms with Crippen LogP contribution in [-0.2, 0) is 16.6 Å². The normalized spacial score (nSPS) is 11.6. The third-order valence-electron chi connectivity index (χ3n) is 2.99. The molecule has 0 fully saturated rings. The summed E-state index contributed by atoms with van der Waals surface area (Å²) in [5.41, 5.74) is 0.992. The summed E-state index contributed by atoms with van der Waals surface area (Å²) in [6.07, 6.45) is 1.42. The molecule has 0 aliphatic heterocycles. The fraction of sp³-hybridized carbons (Fsp3) is 0.214. The first-order valence-electron chi connectivity index (χ1n) is 6.28. The number of benzene rings is 1. The van der Waals surface area contributed by atoms with E-state index in [0.717, 1.165) is 4.31 Å². The third kappa shape index (κ3) is 3.37. The van der Waals surface area contributed by atoms with Gasteiger partial charge in [-0.15, -0.1) is 0 Å². The Morgan fingerprint density at radius 1 is 1.29 bits per heavy atom. The number of aromatic nitrogens is 1. The summed E-state index contributed by atoms with van der Waals surface area (Å²) < 4.78 is 39.4. The van der Waals surface area contributed by atoms with Crippen LogP contribution in [0, 0.1) is 5.82 Å². The van der Waals surface area contributed by atoms with Gasteiger partial charge in [0, 0.05) is 26.8 Å². The molecule has 7 heteroatoms. The van der Waals surface area contributed by atoms with Crippen LogP contribution in [0.3, 0.4) is 0 Å². The third-order valence-corrected chi connectivity index (χ3v) is 4.75. The lowest BCUT2D eigenvalue weighted by Gasteiger charge is -2.18. The molecule has 2 aromatic rings. The maximum absolute atomic E-state index is 13.2. The van der Waals surface area contributed by atoms with Crippen molar-refractivity contribution in [1.82, 2.24) is 9.29 Å². The number of hydrogen-bond donors (Lipinski definition) is 1. The van der Waals surface area contributed by atoms with Crippen LogP contribution >= 0.6 is 0 Å². The van der Waals surface area contributed by atoms with Gasteiger partial charge in [-0.05, 0) is 29.8 Å². The monoisotopic (exact) mass is 309 g/mol. The van der Waals surface area contributed by atoms with E-state index >= 15 is 0 Å². The highest BCUT2D eigenvalue weighted by Gasteiger charge is 2.25. The Morgan fingerprint density at radius 3 is 2.71 bits per heavy atom. The van der Waals surface area contributed by atoms with Crippen LogP contribution in [0.5, 0.6) is 0 Å². The van der Waals surface area contributed by atoms with Gasteiger partial charge in [0.25, 0.3) is 10.0 Å². The van der Waals surface area contributed by atoms with E-state index in [1.165, 1.54) is 25.4 Å². The Kier molecular flexibility index (Phi) is 4.54. The summed E-state index contributed by atoms with van der Waals surface area (Å²) in [7, 11) is -0.689. The predicted molar refractivity (Wildman–Crippen MR) is 78.8 cm³/mol. The number of halogens is 1. The molecule has 1 aromatic heterocycles. The lowest BCUT2D eigenvalue weighted by molar-refractivity contribution is 0.463. The fourth-order valence-corrected chi connectivity index (χ4v) is 3.17. The zero-order valence-corrected chi connectivity index (χ0v) is 12.6. The smallest absolute Gasteiger partial charge is 0.262 e. The van der Waals surface area contributed by atoms with Crippen LogP contribution in [0.25, 0.3) is 0 Å². The van der Waals surface area contributed by atoms with Crippen molar-refractivity contribution in [2.24, 2.45) is 0 Å². The summed E-state index contributed by atoms with van der Waals surface area (Å²) in [6.45, 7) is 0.0693. The molecule has 0 unspecified atom stereocenters. The lowest BCUT2D eigenvalue weighted by atomic mass is 10.2. The molecule has 0 aliphatic carbocycles. The first-order chi connectivity index (χ1) is 9.95. The molecule has 0 radical (unpaired) electrons. The molecule has 1 aromatic carbocycles. The molecule has 1 N–H and O–H groups in total. The van der Waals surface area contributed by atoms with E-state index in [1.807, 2.05) is 0 Å². The number of rotatable bonds is 5. The van der Waals surface area contributed by atoms with Gasteiger partial charge in [0.1, 0.15) is 5.82 Å². The molecule has 0 saturated carbocycles. The Morgan fingerprint density at radius 2 is 2.05 bits per heavy atom. The Bertz CT molecular complexity index is 735. The van der Waals surface area contributed by atoms with Crippen LogP contribution in [0.15, 0.2) is 47.6 Å². The minimum absolute atomic E-state index is 0.0496. The van der Waals surface area contributed by atoms with Crippen LogP contribution < -0.4 is 5.32 Å². The van der Waals surface area contributed by atoms with Crippen LogP contribution in [-0.4, -0.2) is 31.8 Å². The van der Waals surface area contributed by atoms with E-state index in [2.05, 4.69) is 10.3 Å². The molecule has 0 atom stereocenters. The maximum Gasteiger partial charge on any atom is 0.262 e. The number of anilines is 1. The van der Waals surface area contributed by atoms with Crippen molar-refractivity contribution in [1.29, 1.82) is 0 Å². The average Bonchev–Trinajstić information content (AvgIpc) is 2.47. The Balaban J connectivity index is 2.31. The van der Waals surface area contributed by atoms with Crippen molar-refractivity contribution in [3.63, 3.8) is 0 Å². The van der Waals surface area contributed by atoms with Gasteiger partial charge in [-0.2, -0.15) is 4.31 Å². The van der Waals surface area contributed by atoms with Gasteiger partial charge in [0.15, 0.2) is 5.03 Å². The van der Waals surface area contributed by atoms with Crippen LogP contribution in [0.2, 0.25) is 0 Å².